The highest BCUT2D eigenvalue weighted by atomic mass is 35.5. The van der Waals surface area contributed by atoms with Crippen molar-refractivity contribution in [1.82, 2.24) is 20.3 Å². The van der Waals surface area contributed by atoms with Crippen molar-refractivity contribution in [2.24, 2.45) is 0 Å². The van der Waals surface area contributed by atoms with Gasteiger partial charge in [0.25, 0.3) is 0 Å². The number of ether oxygens (including phenoxy) is 2. The van der Waals surface area contributed by atoms with Gasteiger partial charge in [0.1, 0.15) is 16.7 Å². The molecule has 0 amide bonds. The summed E-state index contributed by atoms with van der Waals surface area (Å²) in [6.45, 7) is -0.412. The molecular weight excluding hydrogens is 507 g/mol. The first kappa shape index (κ1) is 26.4. The molecule has 0 spiro atoms. The van der Waals surface area contributed by atoms with Crippen molar-refractivity contribution in [1.29, 1.82) is 0 Å². The first-order chi connectivity index (χ1) is 17.8. The first-order valence-corrected chi connectivity index (χ1v) is 11.8. The predicted octanol–water partition coefficient (Wildman–Crippen LogP) is 6.04. The molecule has 0 radical (unpaired) electrons. The number of hydrogen-bond donors (Lipinski definition) is 1. The van der Waals surface area contributed by atoms with Crippen LogP contribution in [0, 0.1) is 0 Å². The second-order valence-corrected chi connectivity index (χ2v) is 8.55. The zero-order valence-electron chi connectivity index (χ0n) is 20.2. The number of rotatable bonds is 10. The van der Waals surface area contributed by atoms with Crippen molar-refractivity contribution in [2.45, 2.75) is 12.6 Å². The number of nitrogens with zero attached hydrogens (tertiary/aromatic N) is 4. The molecule has 0 unspecified atom stereocenters. The van der Waals surface area contributed by atoms with Crippen LogP contribution < -0.4 is 19.7 Å². The van der Waals surface area contributed by atoms with Crippen LogP contribution in [0.15, 0.2) is 60.9 Å². The molecule has 2 aromatic heterocycles. The average molecular weight is 532 g/mol. The zero-order chi connectivity index (χ0) is 26.4. The molecule has 194 valence electrons. The molecule has 37 heavy (non-hydrogen) atoms. The minimum absolute atomic E-state index is 0.192. The Morgan fingerprint density at radius 1 is 0.919 bits per heavy atom. The van der Waals surface area contributed by atoms with E-state index in [1.165, 1.54) is 0 Å². The van der Waals surface area contributed by atoms with Crippen molar-refractivity contribution in [2.75, 3.05) is 38.8 Å². The van der Waals surface area contributed by atoms with Gasteiger partial charge in [-0.25, -0.2) is 9.97 Å². The second kappa shape index (κ2) is 11.6. The number of anilines is 2. The molecule has 0 aliphatic heterocycles. The number of halogens is 4. The average Bonchev–Trinajstić information content (AvgIpc) is 2.89. The minimum atomic E-state index is -4.26. The number of methoxy groups -OCH3 is 2. The van der Waals surface area contributed by atoms with Crippen LogP contribution in [0.25, 0.3) is 22.3 Å². The van der Waals surface area contributed by atoms with Crippen LogP contribution in [0.3, 0.4) is 0 Å². The van der Waals surface area contributed by atoms with E-state index in [1.54, 1.807) is 44.8 Å². The van der Waals surface area contributed by atoms with Crippen LogP contribution in [0.1, 0.15) is 6.42 Å². The molecule has 0 fully saturated rings. The molecule has 0 atom stereocenters. The maximum absolute atomic E-state index is 12.5. The number of aromatic nitrogens is 3. The summed E-state index contributed by atoms with van der Waals surface area (Å²) >= 11 is 6.04. The standard InChI is InChI=1S/C26H25ClF3N5O2/c1-36-20-11-19(12-21(14-20)37-2)35(9-3-7-31-16-26(28,29)30)18-4-5-22-23(13-18)34-24(15-33-22)17-6-8-32-25(27)10-17/h4-6,8,10-15,31H,3,7,9,16H2,1-2H3. The Hall–Kier alpha value is -3.63. The van der Waals surface area contributed by atoms with Gasteiger partial charge in [0, 0.05) is 47.9 Å². The predicted molar refractivity (Wildman–Crippen MR) is 138 cm³/mol. The van der Waals surface area contributed by atoms with Gasteiger partial charge in [0.05, 0.1) is 43.7 Å². The summed E-state index contributed by atoms with van der Waals surface area (Å²) in [6, 6.07) is 14.6. The lowest BCUT2D eigenvalue weighted by atomic mass is 10.1. The molecule has 0 saturated carbocycles. The van der Waals surface area contributed by atoms with Crippen LogP contribution in [-0.2, 0) is 0 Å². The highest BCUT2D eigenvalue weighted by Gasteiger charge is 2.26. The SMILES string of the molecule is COc1cc(OC)cc(N(CCCNCC(F)(F)F)c2ccc3ncc(-c4ccnc(Cl)c4)nc3c2)c1. The number of alkyl halides is 3. The molecule has 0 aliphatic rings. The van der Waals surface area contributed by atoms with Gasteiger partial charge in [-0.3, -0.25) is 4.98 Å². The minimum Gasteiger partial charge on any atom is -0.497 e. The Kier molecular flexibility index (Phi) is 8.30. The Labute approximate surface area is 217 Å². The lowest BCUT2D eigenvalue weighted by molar-refractivity contribution is -0.124. The summed E-state index contributed by atoms with van der Waals surface area (Å²) in [4.78, 5) is 15.3. The molecule has 0 bridgehead atoms. The molecule has 2 heterocycles. The lowest BCUT2D eigenvalue weighted by Crippen LogP contribution is -2.31. The highest BCUT2D eigenvalue weighted by Crippen LogP contribution is 2.34. The molecule has 0 aliphatic carbocycles. The van der Waals surface area contributed by atoms with E-state index in [-0.39, 0.29) is 6.54 Å². The topological polar surface area (TPSA) is 72.4 Å². The van der Waals surface area contributed by atoms with E-state index in [4.69, 9.17) is 26.1 Å². The summed E-state index contributed by atoms with van der Waals surface area (Å²) in [7, 11) is 3.12. The monoisotopic (exact) mass is 531 g/mol. The van der Waals surface area contributed by atoms with Crippen molar-refractivity contribution in [3.8, 4) is 22.8 Å². The Morgan fingerprint density at radius 2 is 1.68 bits per heavy atom. The van der Waals surface area contributed by atoms with Crippen LogP contribution in [0.4, 0.5) is 24.5 Å². The van der Waals surface area contributed by atoms with Gasteiger partial charge in [-0.1, -0.05) is 11.6 Å². The molecule has 11 heteroatoms. The second-order valence-electron chi connectivity index (χ2n) is 8.16. The van der Waals surface area contributed by atoms with E-state index in [0.717, 1.165) is 16.9 Å². The van der Waals surface area contributed by atoms with E-state index in [0.29, 0.717) is 46.3 Å². The van der Waals surface area contributed by atoms with Gasteiger partial charge in [0.15, 0.2) is 0 Å². The number of benzene rings is 2. The van der Waals surface area contributed by atoms with Crippen molar-refractivity contribution in [3.05, 3.63) is 66.1 Å². The Morgan fingerprint density at radius 3 is 2.35 bits per heavy atom. The molecule has 4 rings (SSSR count). The zero-order valence-corrected chi connectivity index (χ0v) is 21.0. The third-order valence-electron chi connectivity index (χ3n) is 5.57. The Bertz CT molecular complexity index is 1350. The van der Waals surface area contributed by atoms with Gasteiger partial charge in [0.2, 0.25) is 0 Å². The van der Waals surface area contributed by atoms with Gasteiger partial charge in [-0.05, 0) is 43.3 Å². The normalized spacial score (nSPS) is 11.5. The third-order valence-corrected chi connectivity index (χ3v) is 5.78. The first-order valence-electron chi connectivity index (χ1n) is 11.4. The van der Waals surface area contributed by atoms with E-state index >= 15 is 0 Å². The molecule has 2 aromatic carbocycles. The van der Waals surface area contributed by atoms with Crippen molar-refractivity contribution in [3.63, 3.8) is 0 Å². The van der Waals surface area contributed by atoms with Crippen molar-refractivity contribution < 1.29 is 22.6 Å². The van der Waals surface area contributed by atoms with Crippen molar-refractivity contribution >= 4 is 34.0 Å². The summed E-state index contributed by atoms with van der Waals surface area (Å²) in [5.41, 5.74) is 4.32. The van der Waals surface area contributed by atoms with E-state index in [2.05, 4.69) is 15.3 Å². The fourth-order valence-electron chi connectivity index (χ4n) is 3.82. The smallest absolute Gasteiger partial charge is 0.401 e. The van der Waals surface area contributed by atoms with Gasteiger partial charge < -0.3 is 19.7 Å². The quantitative estimate of drug-likeness (QED) is 0.197. The van der Waals surface area contributed by atoms with Gasteiger partial charge >= 0.3 is 6.18 Å². The number of nitrogens with one attached hydrogen (secondary N) is 1. The third kappa shape index (κ3) is 6.99. The summed E-state index contributed by atoms with van der Waals surface area (Å²) < 4.78 is 48.5. The maximum Gasteiger partial charge on any atom is 0.401 e. The maximum atomic E-state index is 12.5. The number of fused-ring (bicyclic) bond motifs is 1. The molecule has 0 saturated heterocycles. The van der Waals surface area contributed by atoms with Gasteiger partial charge in [-0.2, -0.15) is 13.2 Å². The fraction of sp³-hybridized carbons (Fsp3) is 0.269. The highest BCUT2D eigenvalue weighted by molar-refractivity contribution is 6.29. The van der Waals surface area contributed by atoms with E-state index < -0.39 is 12.7 Å². The van der Waals surface area contributed by atoms with E-state index in [1.807, 2.05) is 35.2 Å². The van der Waals surface area contributed by atoms with Crippen LogP contribution in [0.5, 0.6) is 11.5 Å². The summed E-state index contributed by atoms with van der Waals surface area (Å²) in [6.07, 6.45) is -0.530. The number of pyridine rings is 1. The Balaban J connectivity index is 1.68. The van der Waals surface area contributed by atoms with E-state index in [9.17, 15) is 13.2 Å². The van der Waals surface area contributed by atoms with Gasteiger partial charge in [-0.15, -0.1) is 0 Å². The van der Waals surface area contributed by atoms with Crippen LogP contribution in [0.2, 0.25) is 5.15 Å². The van der Waals surface area contributed by atoms with Crippen LogP contribution >= 0.6 is 11.6 Å². The lowest BCUT2D eigenvalue weighted by Gasteiger charge is -2.26. The fourth-order valence-corrected chi connectivity index (χ4v) is 3.99. The molecule has 7 nitrogen and oxygen atoms in total. The summed E-state index contributed by atoms with van der Waals surface area (Å²) in [5, 5.41) is 2.80. The molecule has 4 aromatic rings. The number of hydrogen-bond acceptors (Lipinski definition) is 7. The molecule has 1 N–H and O–H groups in total. The van der Waals surface area contributed by atoms with Crippen LogP contribution in [-0.4, -0.2) is 55.0 Å². The molecular formula is C26H25ClF3N5O2. The summed E-state index contributed by atoms with van der Waals surface area (Å²) in [5.74, 6) is 1.18. The largest absolute Gasteiger partial charge is 0.497 e.